The Morgan fingerprint density at radius 1 is 1.43 bits per heavy atom. The van der Waals surface area contributed by atoms with E-state index in [0.29, 0.717) is 5.56 Å². The number of rotatable bonds is 2. The molecule has 1 aliphatic heterocycles. The quantitative estimate of drug-likeness (QED) is 0.672. The van der Waals surface area contributed by atoms with E-state index in [-0.39, 0.29) is 12.1 Å². The lowest BCUT2D eigenvalue weighted by Gasteiger charge is -2.26. The minimum absolute atomic E-state index is 0.224. The van der Waals surface area contributed by atoms with Crippen LogP contribution in [0.4, 0.5) is 0 Å². The van der Waals surface area contributed by atoms with Crippen molar-refractivity contribution >= 4 is 5.97 Å². The lowest BCUT2D eigenvalue weighted by Crippen LogP contribution is -2.18. The van der Waals surface area contributed by atoms with Crippen LogP contribution in [0.1, 0.15) is 28.4 Å². The summed E-state index contributed by atoms with van der Waals surface area (Å²) >= 11 is 0. The van der Waals surface area contributed by atoms with E-state index in [0.717, 1.165) is 18.6 Å². The predicted molar refractivity (Wildman–Crippen MR) is 51.1 cm³/mol. The van der Waals surface area contributed by atoms with Gasteiger partial charge in [0.15, 0.2) is 0 Å². The van der Waals surface area contributed by atoms with Gasteiger partial charge in [-0.1, -0.05) is 12.1 Å². The summed E-state index contributed by atoms with van der Waals surface area (Å²) in [6.07, 6.45) is 1.29. The van der Waals surface area contributed by atoms with Gasteiger partial charge in [0.2, 0.25) is 0 Å². The van der Waals surface area contributed by atoms with Crippen molar-refractivity contribution in [2.75, 3.05) is 13.7 Å². The fourth-order valence-corrected chi connectivity index (χ4v) is 1.45. The average molecular weight is 192 g/mol. The maximum Gasteiger partial charge on any atom is 0.337 e. The van der Waals surface area contributed by atoms with E-state index in [1.165, 1.54) is 7.11 Å². The number of ether oxygens (including phenoxy) is 2. The highest BCUT2D eigenvalue weighted by atomic mass is 16.5. The Morgan fingerprint density at radius 3 is 2.50 bits per heavy atom. The SMILES string of the molecule is COC(=O)c1ccc(C2CCO2)cc1. The van der Waals surface area contributed by atoms with Crippen molar-refractivity contribution in [3.63, 3.8) is 0 Å². The summed E-state index contributed by atoms with van der Waals surface area (Å²) in [6.45, 7) is 0.837. The van der Waals surface area contributed by atoms with E-state index >= 15 is 0 Å². The topological polar surface area (TPSA) is 35.5 Å². The van der Waals surface area contributed by atoms with Crippen LogP contribution < -0.4 is 0 Å². The zero-order valence-corrected chi connectivity index (χ0v) is 8.03. The average Bonchev–Trinajstić information content (AvgIpc) is 2.15. The first kappa shape index (κ1) is 9.21. The largest absolute Gasteiger partial charge is 0.465 e. The van der Waals surface area contributed by atoms with E-state index in [1.807, 2.05) is 12.1 Å². The summed E-state index contributed by atoms with van der Waals surface area (Å²) in [7, 11) is 1.38. The van der Waals surface area contributed by atoms with Crippen LogP contribution in [0.5, 0.6) is 0 Å². The lowest BCUT2D eigenvalue weighted by atomic mass is 10.0. The van der Waals surface area contributed by atoms with Crippen LogP contribution >= 0.6 is 0 Å². The number of carbonyl (C=O) groups excluding carboxylic acids is 1. The van der Waals surface area contributed by atoms with Crippen molar-refractivity contribution in [1.82, 2.24) is 0 Å². The van der Waals surface area contributed by atoms with Crippen LogP contribution in [0.2, 0.25) is 0 Å². The minimum atomic E-state index is -0.300. The zero-order chi connectivity index (χ0) is 9.97. The third kappa shape index (κ3) is 1.63. The Morgan fingerprint density at radius 2 is 2.07 bits per heavy atom. The van der Waals surface area contributed by atoms with Gasteiger partial charge < -0.3 is 9.47 Å². The fourth-order valence-electron chi connectivity index (χ4n) is 1.45. The minimum Gasteiger partial charge on any atom is -0.465 e. The first-order chi connectivity index (χ1) is 6.81. The molecule has 0 bridgehead atoms. The van der Waals surface area contributed by atoms with Gasteiger partial charge in [-0.25, -0.2) is 4.79 Å². The first-order valence-corrected chi connectivity index (χ1v) is 4.61. The van der Waals surface area contributed by atoms with Gasteiger partial charge in [-0.2, -0.15) is 0 Å². The third-order valence-corrected chi connectivity index (χ3v) is 2.40. The Labute approximate surface area is 82.6 Å². The highest BCUT2D eigenvalue weighted by Crippen LogP contribution is 2.29. The molecule has 0 radical (unpaired) electrons. The highest BCUT2D eigenvalue weighted by Gasteiger charge is 2.20. The van der Waals surface area contributed by atoms with E-state index in [2.05, 4.69) is 4.74 Å². The van der Waals surface area contributed by atoms with Crippen LogP contribution in [0.15, 0.2) is 24.3 Å². The Bertz CT molecular complexity index is 325. The van der Waals surface area contributed by atoms with Gasteiger partial charge in [0.1, 0.15) is 0 Å². The molecule has 0 saturated carbocycles. The molecule has 0 N–H and O–H groups in total. The van der Waals surface area contributed by atoms with Crippen molar-refractivity contribution in [3.8, 4) is 0 Å². The third-order valence-electron chi connectivity index (χ3n) is 2.40. The summed E-state index contributed by atoms with van der Waals surface area (Å²) in [5.41, 5.74) is 1.71. The van der Waals surface area contributed by atoms with E-state index in [4.69, 9.17) is 4.74 Å². The number of carbonyl (C=O) groups is 1. The second-order valence-electron chi connectivity index (χ2n) is 3.26. The fraction of sp³-hybridized carbons (Fsp3) is 0.364. The Kier molecular flexibility index (Phi) is 2.50. The number of methoxy groups -OCH3 is 1. The molecule has 2 rings (SSSR count). The van der Waals surface area contributed by atoms with Crippen LogP contribution in [-0.4, -0.2) is 19.7 Å². The van der Waals surface area contributed by atoms with Crippen LogP contribution in [0, 0.1) is 0 Å². The van der Waals surface area contributed by atoms with E-state index in [1.54, 1.807) is 12.1 Å². The van der Waals surface area contributed by atoms with Crippen molar-refractivity contribution in [1.29, 1.82) is 0 Å². The van der Waals surface area contributed by atoms with Crippen molar-refractivity contribution < 1.29 is 14.3 Å². The molecule has 1 aromatic carbocycles. The molecule has 0 spiro atoms. The van der Waals surface area contributed by atoms with Crippen molar-refractivity contribution in [2.24, 2.45) is 0 Å². The second kappa shape index (κ2) is 3.80. The molecule has 3 nitrogen and oxygen atoms in total. The normalized spacial score (nSPS) is 19.9. The number of esters is 1. The summed E-state index contributed by atoms with van der Waals surface area (Å²) in [4.78, 5) is 11.1. The molecule has 0 aromatic heterocycles. The van der Waals surface area contributed by atoms with Crippen LogP contribution in [0.3, 0.4) is 0 Å². The molecule has 1 saturated heterocycles. The molecule has 1 unspecified atom stereocenters. The predicted octanol–water partition coefficient (Wildman–Crippen LogP) is 1.93. The highest BCUT2D eigenvalue weighted by molar-refractivity contribution is 5.89. The first-order valence-electron chi connectivity index (χ1n) is 4.61. The van der Waals surface area contributed by atoms with Crippen molar-refractivity contribution in [3.05, 3.63) is 35.4 Å². The standard InChI is InChI=1S/C11H12O3/c1-13-11(12)9-4-2-8(3-5-9)10-6-7-14-10/h2-5,10H,6-7H2,1H3. The summed E-state index contributed by atoms with van der Waals surface area (Å²) in [6, 6.07) is 7.36. The van der Waals surface area contributed by atoms with E-state index in [9.17, 15) is 4.79 Å². The molecule has 1 heterocycles. The molecule has 0 amide bonds. The van der Waals surface area contributed by atoms with E-state index < -0.39 is 0 Å². The molecule has 74 valence electrons. The van der Waals surface area contributed by atoms with Crippen LogP contribution in [-0.2, 0) is 9.47 Å². The molecule has 1 aromatic rings. The van der Waals surface area contributed by atoms with Gasteiger partial charge in [0.05, 0.1) is 25.4 Å². The number of hydrogen-bond donors (Lipinski definition) is 0. The van der Waals surface area contributed by atoms with Crippen molar-refractivity contribution in [2.45, 2.75) is 12.5 Å². The molecule has 1 fully saturated rings. The second-order valence-corrected chi connectivity index (χ2v) is 3.26. The van der Waals surface area contributed by atoms with Gasteiger partial charge in [-0.05, 0) is 17.7 Å². The smallest absolute Gasteiger partial charge is 0.337 e. The molecule has 14 heavy (non-hydrogen) atoms. The van der Waals surface area contributed by atoms with Gasteiger partial charge >= 0.3 is 5.97 Å². The molecular formula is C11H12O3. The monoisotopic (exact) mass is 192 g/mol. The number of benzene rings is 1. The summed E-state index contributed by atoms with van der Waals surface area (Å²) < 4.78 is 9.93. The van der Waals surface area contributed by atoms with Gasteiger partial charge in [-0.3, -0.25) is 0 Å². The molecule has 1 atom stereocenters. The molecule has 3 heteroatoms. The number of hydrogen-bond acceptors (Lipinski definition) is 3. The van der Waals surface area contributed by atoms with Crippen LogP contribution in [0.25, 0.3) is 0 Å². The summed E-state index contributed by atoms with van der Waals surface area (Å²) in [5, 5.41) is 0. The maximum absolute atomic E-state index is 11.1. The zero-order valence-electron chi connectivity index (χ0n) is 8.03. The van der Waals surface area contributed by atoms with Gasteiger partial charge in [-0.15, -0.1) is 0 Å². The molecule has 1 aliphatic rings. The van der Waals surface area contributed by atoms with Gasteiger partial charge in [0, 0.05) is 6.42 Å². The summed E-state index contributed by atoms with van der Waals surface area (Å²) in [5.74, 6) is -0.300. The molecule has 0 aliphatic carbocycles. The maximum atomic E-state index is 11.1. The molecular weight excluding hydrogens is 180 g/mol. The lowest BCUT2D eigenvalue weighted by molar-refractivity contribution is -0.0527. The Hall–Kier alpha value is -1.35. The van der Waals surface area contributed by atoms with Gasteiger partial charge in [0.25, 0.3) is 0 Å². The Balaban J connectivity index is 2.13.